The number of rotatable bonds is 7. The van der Waals surface area contributed by atoms with Crippen LogP contribution in [0, 0.1) is 11.3 Å². The van der Waals surface area contributed by atoms with Crippen molar-refractivity contribution in [3.63, 3.8) is 0 Å². The van der Waals surface area contributed by atoms with Crippen molar-refractivity contribution in [1.82, 2.24) is 5.32 Å². The molecule has 0 aromatic rings. The van der Waals surface area contributed by atoms with Gasteiger partial charge in [0.15, 0.2) is 0 Å². The van der Waals surface area contributed by atoms with Gasteiger partial charge in [-0.15, -0.1) is 0 Å². The first-order chi connectivity index (χ1) is 6.18. The van der Waals surface area contributed by atoms with E-state index in [1.54, 1.807) is 0 Å². The molecule has 0 fully saturated rings. The molecule has 1 atom stereocenters. The molecule has 0 aliphatic carbocycles. The Balaban J connectivity index is 3.46. The van der Waals surface area contributed by atoms with Crippen LogP contribution in [0.5, 0.6) is 0 Å². The average Bonchev–Trinajstić information content (AvgIpc) is 2.17. The second kappa shape index (κ2) is 7.23. The number of nitriles is 1. The van der Waals surface area contributed by atoms with E-state index in [4.69, 9.17) is 5.26 Å². The van der Waals surface area contributed by atoms with E-state index in [1.165, 1.54) is 18.6 Å². The fraction of sp³-hybridized carbons (Fsp3) is 0.900. The zero-order valence-corrected chi connectivity index (χ0v) is 9.71. The summed E-state index contributed by atoms with van der Waals surface area (Å²) in [7, 11) is 1.85. The summed E-state index contributed by atoms with van der Waals surface area (Å²) in [6.07, 6.45) is 3.47. The number of nitrogens with one attached hydrogen (secondary N) is 1. The Morgan fingerprint density at radius 3 is 2.62 bits per heavy atom. The van der Waals surface area contributed by atoms with Crippen molar-refractivity contribution in [2.75, 3.05) is 18.6 Å². The lowest BCUT2D eigenvalue weighted by Crippen LogP contribution is -2.38. The van der Waals surface area contributed by atoms with Gasteiger partial charge in [-0.1, -0.05) is 13.3 Å². The van der Waals surface area contributed by atoms with Crippen LogP contribution in [-0.4, -0.2) is 24.1 Å². The van der Waals surface area contributed by atoms with Gasteiger partial charge in [-0.25, -0.2) is 0 Å². The molecule has 0 aromatic carbocycles. The Hall–Kier alpha value is -0.200. The topological polar surface area (TPSA) is 35.8 Å². The smallest absolute Gasteiger partial charge is 0.104 e. The molecule has 0 aromatic heterocycles. The standard InChI is InChI=1S/C10H20N2S/c1-4-5-7-13-8-6-10(2,9-11)12-3/h12H,4-8H2,1-3H3. The molecular formula is C10H20N2S. The minimum absolute atomic E-state index is 0.334. The van der Waals surface area contributed by atoms with Crippen LogP contribution >= 0.6 is 11.8 Å². The lowest BCUT2D eigenvalue weighted by atomic mass is 10.0. The van der Waals surface area contributed by atoms with Gasteiger partial charge in [-0.2, -0.15) is 17.0 Å². The maximum atomic E-state index is 8.87. The zero-order chi connectivity index (χ0) is 10.2. The molecule has 0 spiro atoms. The highest BCUT2D eigenvalue weighted by atomic mass is 32.2. The third kappa shape index (κ3) is 5.95. The molecule has 1 N–H and O–H groups in total. The Morgan fingerprint density at radius 2 is 2.15 bits per heavy atom. The number of hydrogen-bond donors (Lipinski definition) is 1. The quantitative estimate of drug-likeness (QED) is 0.641. The highest BCUT2D eigenvalue weighted by Gasteiger charge is 2.19. The third-order valence-electron chi connectivity index (χ3n) is 2.19. The second-order valence-corrected chi connectivity index (χ2v) is 4.63. The summed E-state index contributed by atoms with van der Waals surface area (Å²) < 4.78 is 0. The van der Waals surface area contributed by atoms with Gasteiger partial charge in [0.1, 0.15) is 5.54 Å². The lowest BCUT2D eigenvalue weighted by molar-refractivity contribution is 0.479. The molecule has 0 aliphatic rings. The van der Waals surface area contributed by atoms with E-state index in [-0.39, 0.29) is 5.54 Å². The Labute approximate surface area is 86.1 Å². The summed E-state index contributed by atoms with van der Waals surface area (Å²) in [6.45, 7) is 4.15. The van der Waals surface area contributed by atoms with Crippen molar-refractivity contribution in [1.29, 1.82) is 5.26 Å². The van der Waals surface area contributed by atoms with Crippen LogP contribution in [0.3, 0.4) is 0 Å². The molecule has 0 bridgehead atoms. The van der Waals surface area contributed by atoms with Crippen molar-refractivity contribution in [3.8, 4) is 6.07 Å². The first-order valence-electron chi connectivity index (χ1n) is 4.86. The van der Waals surface area contributed by atoms with Gasteiger partial charge in [-0.05, 0) is 38.3 Å². The largest absolute Gasteiger partial charge is 0.303 e. The number of unbranched alkanes of at least 4 members (excludes halogenated alkanes) is 1. The molecule has 0 amide bonds. The van der Waals surface area contributed by atoms with E-state index >= 15 is 0 Å². The van der Waals surface area contributed by atoms with Crippen LogP contribution in [0.25, 0.3) is 0 Å². The predicted molar refractivity (Wildman–Crippen MR) is 59.9 cm³/mol. The lowest BCUT2D eigenvalue weighted by Gasteiger charge is -2.19. The molecule has 76 valence electrons. The number of thioether (sulfide) groups is 1. The van der Waals surface area contributed by atoms with Crippen LogP contribution < -0.4 is 5.32 Å². The van der Waals surface area contributed by atoms with Gasteiger partial charge in [-0.3, -0.25) is 0 Å². The molecule has 0 rings (SSSR count). The van der Waals surface area contributed by atoms with Crippen LogP contribution in [0.1, 0.15) is 33.1 Å². The Bertz CT molecular complexity index is 165. The number of hydrogen-bond acceptors (Lipinski definition) is 3. The highest BCUT2D eigenvalue weighted by Crippen LogP contribution is 2.13. The summed E-state index contributed by atoms with van der Waals surface area (Å²) in [5.41, 5.74) is -0.334. The van der Waals surface area contributed by atoms with Gasteiger partial charge < -0.3 is 5.32 Å². The summed E-state index contributed by atoms with van der Waals surface area (Å²) in [6, 6.07) is 2.29. The summed E-state index contributed by atoms with van der Waals surface area (Å²) in [5.74, 6) is 2.30. The SMILES string of the molecule is CCCCSCCC(C)(C#N)NC. The van der Waals surface area contributed by atoms with Crippen molar-refractivity contribution < 1.29 is 0 Å². The van der Waals surface area contributed by atoms with Crippen LogP contribution in [-0.2, 0) is 0 Å². The van der Waals surface area contributed by atoms with E-state index < -0.39 is 0 Å². The van der Waals surface area contributed by atoms with E-state index in [0.717, 1.165) is 12.2 Å². The van der Waals surface area contributed by atoms with Crippen LogP contribution in [0.4, 0.5) is 0 Å². The van der Waals surface area contributed by atoms with Crippen LogP contribution in [0.2, 0.25) is 0 Å². The summed E-state index contributed by atoms with van der Waals surface area (Å²) in [4.78, 5) is 0. The molecule has 0 heterocycles. The molecule has 1 unspecified atom stereocenters. The summed E-state index contributed by atoms with van der Waals surface area (Å²) >= 11 is 1.94. The minimum Gasteiger partial charge on any atom is -0.303 e. The monoisotopic (exact) mass is 200 g/mol. The van der Waals surface area contributed by atoms with Gasteiger partial charge >= 0.3 is 0 Å². The van der Waals surface area contributed by atoms with E-state index in [0.29, 0.717) is 0 Å². The molecule has 0 saturated heterocycles. The first kappa shape index (κ1) is 12.8. The maximum absolute atomic E-state index is 8.87. The minimum atomic E-state index is -0.334. The molecule has 0 saturated carbocycles. The molecule has 13 heavy (non-hydrogen) atoms. The second-order valence-electron chi connectivity index (χ2n) is 3.41. The number of nitrogens with zero attached hydrogens (tertiary/aromatic N) is 1. The average molecular weight is 200 g/mol. The van der Waals surface area contributed by atoms with Gasteiger partial charge in [0.05, 0.1) is 6.07 Å². The Kier molecular flexibility index (Phi) is 7.12. The van der Waals surface area contributed by atoms with Crippen molar-refractivity contribution in [2.45, 2.75) is 38.6 Å². The van der Waals surface area contributed by atoms with Crippen LogP contribution in [0.15, 0.2) is 0 Å². The van der Waals surface area contributed by atoms with E-state index in [1.807, 2.05) is 25.7 Å². The zero-order valence-electron chi connectivity index (χ0n) is 8.89. The molecule has 0 aliphatic heterocycles. The molecular weight excluding hydrogens is 180 g/mol. The van der Waals surface area contributed by atoms with Gasteiger partial charge in [0, 0.05) is 0 Å². The fourth-order valence-electron chi connectivity index (χ4n) is 0.862. The van der Waals surface area contributed by atoms with E-state index in [9.17, 15) is 0 Å². The van der Waals surface area contributed by atoms with Crippen molar-refractivity contribution in [3.05, 3.63) is 0 Å². The predicted octanol–water partition coefficient (Wildman–Crippen LogP) is 2.41. The van der Waals surface area contributed by atoms with Crippen molar-refractivity contribution >= 4 is 11.8 Å². The highest BCUT2D eigenvalue weighted by molar-refractivity contribution is 7.99. The normalized spacial score (nSPS) is 14.9. The van der Waals surface area contributed by atoms with Crippen molar-refractivity contribution in [2.24, 2.45) is 0 Å². The molecule has 2 nitrogen and oxygen atoms in total. The Morgan fingerprint density at radius 1 is 1.46 bits per heavy atom. The van der Waals surface area contributed by atoms with Gasteiger partial charge in [0.25, 0.3) is 0 Å². The molecule has 0 radical (unpaired) electrons. The third-order valence-corrected chi connectivity index (χ3v) is 3.26. The van der Waals surface area contributed by atoms with E-state index in [2.05, 4.69) is 18.3 Å². The molecule has 3 heteroatoms. The maximum Gasteiger partial charge on any atom is 0.104 e. The summed E-state index contributed by atoms with van der Waals surface area (Å²) in [5, 5.41) is 11.9. The fourth-order valence-corrected chi connectivity index (χ4v) is 2.11. The van der Waals surface area contributed by atoms with Gasteiger partial charge in [0.2, 0.25) is 0 Å². The first-order valence-corrected chi connectivity index (χ1v) is 6.02.